The molecule has 0 aliphatic heterocycles. The zero-order chi connectivity index (χ0) is 19.3. The normalized spacial score (nSPS) is 16.1. The number of fused-ring (bicyclic) bond motifs is 4. The van der Waals surface area contributed by atoms with E-state index >= 15 is 0 Å². The number of aliphatic hydroxyl groups excluding tert-OH is 2. The van der Waals surface area contributed by atoms with Gasteiger partial charge in [-0.15, -0.1) is 0 Å². The standard InChI is InChI=1S/C21H20BrNO4/c1-21(2)16-8-13(27-10-12(25)9-24)4-6-14(16)19(26)18-15-5-3-11(22)7-17(15)23-20(18)21/h3-8,12,23-25H,9-10H2,1-2H3/t12-/m0/s1. The number of ketones is 1. The lowest BCUT2D eigenvalue weighted by Gasteiger charge is -2.32. The van der Waals surface area contributed by atoms with Gasteiger partial charge in [0, 0.05) is 32.0 Å². The summed E-state index contributed by atoms with van der Waals surface area (Å²) in [6.45, 7) is 3.79. The Hall–Kier alpha value is -2.15. The largest absolute Gasteiger partial charge is 0.491 e. The van der Waals surface area contributed by atoms with Crippen LogP contribution < -0.4 is 4.74 Å². The van der Waals surface area contributed by atoms with Crippen LogP contribution in [0.3, 0.4) is 0 Å². The minimum atomic E-state index is -0.936. The second-order valence-electron chi connectivity index (χ2n) is 7.37. The smallest absolute Gasteiger partial charge is 0.195 e. The van der Waals surface area contributed by atoms with Gasteiger partial charge in [-0.2, -0.15) is 0 Å². The summed E-state index contributed by atoms with van der Waals surface area (Å²) in [5, 5.41) is 19.4. The molecular weight excluding hydrogens is 410 g/mol. The van der Waals surface area contributed by atoms with Crippen molar-refractivity contribution in [3.63, 3.8) is 0 Å². The van der Waals surface area contributed by atoms with Crippen molar-refractivity contribution in [1.29, 1.82) is 0 Å². The topological polar surface area (TPSA) is 82.5 Å². The molecule has 140 valence electrons. The average molecular weight is 430 g/mol. The predicted octanol–water partition coefficient (Wildman–Crippen LogP) is 3.53. The molecule has 0 amide bonds. The number of aromatic amines is 1. The number of ether oxygens (including phenoxy) is 1. The number of H-pyrrole nitrogens is 1. The highest BCUT2D eigenvalue weighted by Gasteiger charge is 2.39. The summed E-state index contributed by atoms with van der Waals surface area (Å²) in [4.78, 5) is 16.7. The van der Waals surface area contributed by atoms with Gasteiger partial charge in [-0.1, -0.05) is 35.8 Å². The van der Waals surface area contributed by atoms with Crippen LogP contribution in [-0.4, -0.2) is 40.3 Å². The summed E-state index contributed by atoms with van der Waals surface area (Å²) < 4.78 is 6.53. The van der Waals surface area contributed by atoms with Crippen molar-refractivity contribution in [3.8, 4) is 5.75 Å². The van der Waals surface area contributed by atoms with Crippen LogP contribution in [-0.2, 0) is 5.41 Å². The summed E-state index contributed by atoms with van der Waals surface area (Å²) in [6, 6.07) is 11.2. The molecule has 27 heavy (non-hydrogen) atoms. The Morgan fingerprint density at radius 1 is 1.22 bits per heavy atom. The molecule has 0 saturated heterocycles. The van der Waals surface area contributed by atoms with Gasteiger partial charge in [-0.3, -0.25) is 4.79 Å². The van der Waals surface area contributed by atoms with Gasteiger partial charge in [0.2, 0.25) is 0 Å². The third kappa shape index (κ3) is 2.88. The quantitative estimate of drug-likeness (QED) is 0.592. The van der Waals surface area contributed by atoms with Gasteiger partial charge in [0.05, 0.1) is 12.2 Å². The minimum Gasteiger partial charge on any atom is -0.491 e. The van der Waals surface area contributed by atoms with E-state index in [0.29, 0.717) is 11.3 Å². The van der Waals surface area contributed by atoms with E-state index in [4.69, 9.17) is 9.84 Å². The Kier molecular flexibility index (Phi) is 4.37. The monoisotopic (exact) mass is 429 g/mol. The number of carbonyl (C=O) groups is 1. The molecule has 1 aliphatic rings. The zero-order valence-electron chi connectivity index (χ0n) is 15.0. The third-order valence-corrected chi connectivity index (χ3v) is 5.67. The van der Waals surface area contributed by atoms with Crippen molar-refractivity contribution >= 4 is 32.6 Å². The number of benzene rings is 2. The van der Waals surface area contributed by atoms with Gasteiger partial charge >= 0.3 is 0 Å². The maximum atomic E-state index is 13.2. The molecule has 0 spiro atoms. The van der Waals surface area contributed by atoms with Crippen LogP contribution in [0, 0.1) is 0 Å². The Bertz CT molecular complexity index is 1050. The number of aromatic nitrogens is 1. The van der Waals surface area contributed by atoms with E-state index in [9.17, 15) is 9.90 Å². The lowest BCUT2D eigenvalue weighted by molar-refractivity contribution is 0.0535. The number of aliphatic hydroxyl groups is 2. The molecule has 3 aromatic rings. The number of hydrogen-bond donors (Lipinski definition) is 3. The van der Waals surface area contributed by atoms with E-state index in [-0.39, 0.29) is 19.0 Å². The third-order valence-electron chi connectivity index (χ3n) is 5.17. The lowest BCUT2D eigenvalue weighted by atomic mass is 9.71. The molecular formula is C21H20BrNO4. The molecule has 1 atom stereocenters. The zero-order valence-corrected chi connectivity index (χ0v) is 16.6. The fourth-order valence-corrected chi connectivity index (χ4v) is 4.08. The summed E-state index contributed by atoms with van der Waals surface area (Å²) >= 11 is 3.48. The molecule has 0 bridgehead atoms. The SMILES string of the molecule is CC1(C)c2cc(OC[C@@H](O)CO)ccc2C(=O)c2c1[nH]c1cc(Br)ccc21. The van der Waals surface area contributed by atoms with Gasteiger partial charge < -0.3 is 19.9 Å². The van der Waals surface area contributed by atoms with Crippen LogP contribution >= 0.6 is 15.9 Å². The second-order valence-corrected chi connectivity index (χ2v) is 8.29. The van der Waals surface area contributed by atoms with Crippen molar-refractivity contribution in [1.82, 2.24) is 4.98 Å². The molecule has 1 aliphatic carbocycles. The Morgan fingerprint density at radius 3 is 2.74 bits per heavy atom. The summed E-state index contributed by atoms with van der Waals surface area (Å²) in [5.74, 6) is 0.555. The minimum absolute atomic E-state index is 0.00464. The van der Waals surface area contributed by atoms with E-state index in [2.05, 4.69) is 34.8 Å². The molecule has 0 unspecified atom stereocenters. The first-order valence-electron chi connectivity index (χ1n) is 8.75. The number of halogens is 1. The second kappa shape index (κ2) is 6.48. The molecule has 4 rings (SSSR count). The van der Waals surface area contributed by atoms with E-state index in [0.717, 1.165) is 32.2 Å². The van der Waals surface area contributed by atoms with E-state index in [1.807, 2.05) is 24.3 Å². The van der Waals surface area contributed by atoms with Gasteiger partial charge in [0.1, 0.15) is 18.5 Å². The Labute approximate surface area is 165 Å². The van der Waals surface area contributed by atoms with E-state index in [1.165, 1.54) is 0 Å². The van der Waals surface area contributed by atoms with Gasteiger partial charge in [0.25, 0.3) is 0 Å². The van der Waals surface area contributed by atoms with Gasteiger partial charge in [-0.25, -0.2) is 0 Å². The predicted molar refractivity (Wildman–Crippen MR) is 107 cm³/mol. The highest BCUT2D eigenvalue weighted by Crippen LogP contribution is 2.44. The Morgan fingerprint density at radius 2 is 2.00 bits per heavy atom. The summed E-state index contributed by atoms with van der Waals surface area (Å²) in [7, 11) is 0. The number of nitrogens with one attached hydrogen (secondary N) is 1. The fraction of sp³-hybridized carbons (Fsp3) is 0.286. The molecule has 1 aromatic heterocycles. The number of hydrogen-bond acceptors (Lipinski definition) is 4. The van der Waals surface area contributed by atoms with Crippen molar-refractivity contribution in [2.75, 3.05) is 13.2 Å². The number of rotatable bonds is 4. The van der Waals surface area contributed by atoms with Crippen LogP contribution in [0.15, 0.2) is 40.9 Å². The maximum absolute atomic E-state index is 13.2. The first-order valence-corrected chi connectivity index (χ1v) is 9.55. The molecule has 0 fully saturated rings. The molecule has 0 saturated carbocycles. The fourth-order valence-electron chi connectivity index (χ4n) is 3.72. The van der Waals surface area contributed by atoms with E-state index in [1.54, 1.807) is 12.1 Å². The maximum Gasteiger partial charge on any atom is 0.195 e. The van der Waals surface area contributed by atoms with Crippen molar-refractivity contribution in [3.05, 3.63) is 63.3 Å². The van der Waals surface area contributed by atoms with Crippen LogP contribution in [0.2, 0.25) is 0 Å². The summed E-state index contributed by atoms with van der Waals surface area (Å²) in [5.41, 5.74) is 3.65. The molecule has 1 heterocycles. The van der Waals surface area contributed by atoms with Crippen molar-refractivity contribution < 1.29 is 19.7 Å². The molecule has 5 nitrogen and oxygen atoms in total. The van der Waals surface area contributed by atoms with Gasteiger partial charge in [-0.05, 0) is 35.9 Å². The molecule has 2 aromatic carbocycles. The van der Waals surface area contributed by atoms with Crippen LogP contribution in [0.5, 0.6) is 5.75 Å². The van der Waals surface area contributed by atoms with E-state index < -0.39 is 11.5 Å². The number of carbonyl (C=O) groups excluding carboxylic acids is 1. The van der Waals surface area contributed by atoms with Crippen LogP contribution in [0.25, 0.3) is 10.9 Å². The van der Waals surface area contributed by atoms with Crippen molar-refractivity contribution in [2.24, 2.45) is 0 Å². The first-order chi connectivity index (χ1) is 12.8. The van der Waals surface area contributed by atoms with Crippen LogP contribution in [0.1, 0.15) is 41.0 Å². The Balaban J connectivity index is 1.83. The summed E-state index contributed by atoms with van der Waals surface area (Å²) in [6.07, 6.45) is -0.936. The molecule has 3 N–H and O–H groups in total. The highest BCUT2D eigenvalue weighted by atomic mass is 79.9. The first kappa shape index (κ1) is 18.2. The van der Waals surface area contributed by atoms with Crippen molar-refractivity contribution in [2.45, 2.75) is 25.4 Å². The van der Waals surface area contributed by atoms with Gasteiger partial charge in [0.15, 0.2) is 5.78 Å². The molecule has 0 radical (unpaired) electrons. The lowest BCUT2D eigenvalue weighted by Crippen LogP contribution is -2.30. The van der Waals surface area contributed by atoms with Crippen LogP contribution in [0.4, 0.5) is 0 Å². The average Bonchev–Trinajstić information content (AvgIpc) is 3.04. The highest BCUT2D eigenvalue weighted by molar-refractivity contribution is 9.10. The molecule has 6 heteroatoms.